The van der Waals surface area contributed by atoms with Crippen LogP contribution in [-0.2, 0) is 18.1 Å². The quantitative estimate of drug-likeness (QED) is 0.170. The Balaban J connectivity index is 3.60. The Bertz CT molecular complexity index is 398. The average Bonchev–Trinajstić information content (AvgIpc) is 2.69. The summed E-state index contributed by atoms with van der Waals surface area (Å²) < 4.78 is 26.1. The zero-order valence-corrected chi connectivity index (χ0v) is 18.5. The van der Waals surface area contributed by atoms with E-state index in [0.29, 0.717) is 0 Å². The van der Waals surface area contributed by atoms with Crippen molar-refractivity contribution < 1.29 is 23.2 Å². The minimum atomic E-state index is -3.55. The number of allylic oxidation sites excluding steroid dienone is 1. The zero-order valence-electron chi connectivity index (χ0n) is 17.6. The van der Waals surface area contributed by atoms with Crippen LogP contribution in [0, 0.1) is 0 Å². The van der Waals surface area contributed by atoms with Gasteiger partial charge >= 0.3 is 7.82 Å². The van der Waals surface area contributed by atoms with Gasteiger partial charge < -0.3 is 10.8 Å². The Morgan fingerprint density at radius 3 is 1.89 bits per heavy atom. The Morgan fingerprint density at radius 1 is 0.926 bits per heavy atom. The average molecular weight is 408 g/mol. The van der Waals surface area contributed by atoms with Crippen LogP contribution >= 0.6 is 7.82 Å². The smallest absolute Gasteiger partial charge is 0.387 e. The lowest BCUT2D eigenvalue weighted by Crippen LogP contribution is -2.37. The van der Waals surface area contributed by atoms with E-state index in [2.05, 4.69) is 16.0 Å². The highest BCUT2D eigenvalue weighted by Gasteiger charge is 2.25. The third-order valence-corrected chi connectivity index (χ3v) is 5.98. The van der Waals surface area contributed by atoms with Crippen LogP contribution < -0.4 is 5.73 Å². The van der Waals surface area contributed by atoms with Gasteiger partial charge in [-0.05, 0) is 12.8 Å². The topological polar surface area (TPSA) is 91.0 Å². The minimum Gasteiger partial charge on any atom is -0.387 e. The van der Waals surface area contributed by atoms with Gasteiger partial charge in [-0.25, -0.2) is 4.57 Å². The van der Waals surface area contributed by atoms with E-state index in [9.17, 15) is 9.67 Å². The van der Waals surface area contributed by atoms with Crippen LogP contribution in [-0.4, -0.2) is 38.1 Å². The fraction of sp³-hybridized carbons (Fsp3) is 0.900. The summed E-state index contributed by atoms with van der Waals surface area (Å²) in [5.74, 6) is 0. The van der Waals surface area contributed by atoms with Gasteiger partial charge in [0, 0.05) is 14.2 Å². The number of phosphoric ester groups is 1. The van der Waals surface area contributed by atoms with E-state index in [4.69, 9.17) is 10.3 Å². The molecule has 0 spiro atoms. The second-order valence-electron chi connectivity index (χ2n) is 7.01. The summed E-state index contributed by atoms with van der Waals surface area (Å²) in [5.41, 5.74) is 5.82. The third-order valence-electron chi connectivity index (χ3n) is 4.62. The van der Waals surface area contributed by atoms with E-state index >= 15 is 0 Å². The van der Waals surface area contributed by atoms with Crippen LogP contribution in [0.5, 0.6) is 0 Å². The first-order valence-electron chi connectivity index (χ1n) is 10.5. The van der Waals surface area contributed by atoms with E-state index in [1.807, 2.05) is 6.08 Å². The monoisotopic (exact) mass is 407 g/mol. The van der Waals surface area contributed by atoms with Crippen LogP contribution in [0.3, 0.4) is 0 Å². The van der Waals surface area contributed by atoms with Crippen LogP contribution in [0.25, 0.3) is 0 Å². The molecule has 0 amide bonds. The van der Waals surface area contributed by atoms with Gasteiger partial charge in [0.1, 0.15) is 0 Å². The standard InChI is InChI=1S/C20H42NO5P/c1-4-5-6-7-8-9-10-11-12-13-14-15-16-17-20(22)19(21)18-26-27(23,24-2)25-3/h16-17,19-20,22H,4-15,18,21H2,1-3H3/b17-16+/t19-,20+/m0/s1. The van der Waals surface area contributed by atoms with E-state index < -0.39 is 20.0 Å². The molecule has 2 atom stereocenters. The summed E-state index contributed by atoms with van der Waals surface area (Å²) in [6, 6.07) is -0.683. The number of rotatable bonds is 19. The summed E-state index contributed by atoms with van der Waals surface area (Å²) in [5, 5.41) is 9.97. The Labute approximate surface area is 166 Å². The fourth-order valence-electron chi connectivity index (χ4n) is 2.76. The van der Waals surface area contributed by atoms with Crippen LogP contribution in [0.1, 0.15) is 84.0 Å². The van der Waals surface area contributed by atoms with Gasteiger partial charge in [-0.15, -0.1) is 0 Å². The van der Waals surface area contributed by atoms with Crippen molar-refractivity contribution in [3.63, 3.8) is 0 Å². The van der Waals surface area contributed by atoms with E-state index in [-0.39, 0.29) is 6.61 Å². The first-order valence-corrected chi connectivity index (χ1v) is 11.9. The highest BCUT2D eigenvalue weighted by atomic mass is 31.2. The lowest BCUT2D eigenvalue weighted by Gasteiger charge is -2.19. The molecule has 0 fully saturated rings. The number of nitrogens with two attached hydrogens (primary N) is 1. The largest absolute Gasteiger partial charge is 0.474 e. The van der Waals surface area contributed by atoms with Gasteiger partial charge in [-0.1, -0.05) is 83.3 Å². The number of phosphoric acid groups is 1. The molecule has 0 bridgehead atoms. The van der Waals surface area contributed by atoms with Gasteiger partial charge in [-0.2, -0.15) is 0 Å². The maximum atomic E-state index is 11.7. The van der Waals surface area contributed by atoms with E-state index in [1.54, 1.807) is 6.08 Å². The number of hydrogen-bond acceptors (Lipinski definition) is 6. The number of aliphatic hydroxyl groups excluding tert-OH is 1. The molecule has 0 rings (SSSR count). The van der Waals surface area contributed by atoms with Crippen molar-refractivity contribution in [2.24, 2.45) is 5.73 Å². The van der Waals surface area contributed by atoms with Crippen molar-refractivity contribution in [3.8, 4) is 0 Å². The molecule has 0 aromatic rings. The maximum absolute atomic E-state index is 11.7. The van der Waals surface area contributed by atoms with Crippen molar-refractivity contribution in [3.05, 3.63) is 12.2 Å². The molecule has 0 unspecified atom stereocenters. The molecule has 0 aromatic heterocycles. The molecule has 7 heteroatoms. The molecule has 0 aliphatic heterocycles. The fourth-order valence-corrected chi connectivity index (χ4v) is 3.48. The van der Waals surface area contributed by atoms with Gasteiger partial charge in [-0.3, -0.25) is 13.6 Å². The zero-order chi connectivity index (χ0) is 20.4. The van der Waals surface area contributed by atoms with Gasteiger partial charge in [0.05, 0.1) is 18.8 Å². The molecule has 0 aliphatic rings. The van der Waals surface area contributed by atoms with Crippen molar-refractivity contribution in [1.82, 2.24) is 0 Å². The summed E-state index contributed by atoms with van der Waals surface area (Å²) in [7, 11) is -1.08. The number of hydrogen-bond donors (Lipinski definition) is 2. The molecule has 3 N–H and O–H groups in total. The predicted molar refractivity (Wildman–Crippen MR) is 112 cm³/mol. The highest BCUT2D eigenvalue weighted by molar-refractivity contribution is 7.48. The summed E-state index contributed by atoms with van der Waals surface area (Å²) >= 11 is 0. The Morgan fingerprint density at radius 2 is 1.41 bits per heavy atom. The second-order valence-corrected chi connectivity index (χ2v) is 8.90. The normalized spacial score (nSPS) is 14.7. The molecular formula is C20H42NO5P. The SMILES string of the molecule is CCCCCCCCCCCCC/C=C/[C@@H](O)[C@@H](N)COP(=O)(OC)OC. The molecule has 0 aromatic carbocycles. The highest BCUT2D eigenvalue weighted by Crippen LogP contribution is 2.47. The molecule has 162 valence electrons. The second kappa shape index (κ2) is 17.8. The Hall–Kier alpha value is -0.230. The molecule has 0 radical (unpaired) electrons. The van der Waals surface area contributed by atoms with Crippen molar-refractivity contribution in [2.45, 2.75) is 96.1 Å². The summed E-state index contributed by atoms with van der Waals surface area (Å²) in [6.45, 7) is 2.14. The van der Waals surface area contributed by atoms with E-state index in [1.165, 1.54) is 78.4 Å². The summed E-state index contributed by atoms with van der Waals surface area (Å²) in [4.78, 5) is 0. The summed E-state index contributed by atoms with van der Waals surface area (Å²) in [6.07, 6.45) is 18.2. The molecule has 0 saturated heterocycles. The third kappa shape index (κ3) is 15.4. The Kier molecular flexibility index (Phi) is 17.7. The van der Waals surface area contributed by atoms with Crippen molar-refractivity contribution in [1.29, 1.82) is 0 Å². The first-order chi connectivity index (χ1) is 13.0. The molecule has 0 saturated carbocycles. The molecule has 27 heavy (non-hydrogen) atoms. The molecular weight excluding hydrogens is 365 g/mol. The van der Waals surface area contributed by atoms with Crippen LogP contribution in [0.4, 0.5) is 0 Å². The predicted octanol–water partition coefficient (Wildman–Crippen LogP) is 5.35. The molecule has 6 nitrogen and oxygen atoms in total. The van der Waals surface area contributed by atoms with Crippen LogP contribution in [0.15, 0.2) is 12.2 Å². The van der Waals surface area contributed by atoms with Gasteiger partial charge in [0.2, 0.25) is 0 Å². The van der Waals surface area contributed by atoms with Crippen molar-refractivity contribution in [2.75, 3.05) is 20.8 Å². The lowest BCUT2D eigenvalue weighted by molar-refractivity contribution is 0.112. The molecule has 0 heterocycles. The van der Waals surface area contributed by atoms with Gasteiger partial charge in [0.25, 0.3) is 0 Å². The van der Waals surface area contributed by atoms with Crippen LogP contribution in [0.2, 0.25) is 0 Å². The van der Waals surface area contributed by atoms with Crippen molar-refractivity contribution >= 4 is 7.82 Å². The maximum Gasteiger partial charge on any atom is 0.474 e. The lowest BCUT2D eigenvalue weighted by atomic mass is 10.0. The van der Waals surface area contributed by atoms with Gasteiger partial charge in [0.15, 0.2) is 0 Å². The number of unbranched alkanes of at least 4 members (excludes halogenated alkanes) is 11. The minimum absolute atomic E-state index is 0.108. The number of aliphatic hydroxyl groups is 1. The molecule has 0 aliphatic carbocycles. The van der Waals surface area contributed by atoms with E-state index in [0.717, 1.165) is 12.8 Å². The first kappa shape index (κ1) is 26.8.